The van der Waals surface area contributed by atoms with Gasteiger partial charge >= 0.3 is 16.1 Å². The van der Waals surface area contributed by atoms with Crippen molar-refractivity contribution in [3.63, 3.8) is 0 Å². The zero-order valence-corrected chi connectivity index (χ0v) is 40.8. The van der Waals surface area contributed by atoms with E-state index in [1.54, 1.807) is 12.3 Å². The number of hydrogen-bond donors (Lipinski definition) is 3. The van der Waals surface area contributed by atoms with Crippen LogP contribution in [0.5, 0.6) is 11.5 Å². The van der Waals surface area contributed by atoms with Crippen LogP contribution in [-0.2, 0) is 73.6 Å². The van der Waals surface area contributed by atoms with Gasteiger partial charge in [0.15, 0.2) is 28.1 Å². The number of allylic oxidation sites excluding steroid dienone is 2. The number of nitrogens with zero attached hydrogens (tertiary/aromatic N) is 2. The summed E-state index contributed by atoms with van der Waals surface area (Å²) in [5.41, 5.74) is 13.4. The van der Waals surface area contributed by atoms with Gasteiger partial charge in [0.2, 0.25) is 5.82 Å². The van der Waals surface area contributed by atoms with Gasteiger partial charge in [-0.3, -0.25) is 19.1 Å². The number of hydrogen-bond acceptors (Lipinski definition) is 20. The van der Waals surface area contributed by atoms with Crippen molar-refractivity contribution in [2.75, 3.05) is 139 Å². The predicted octanol–water partition coefficient (Wildman–Crippen LogP) is 3.22. The maximum absolute atomic E-state index is 14.2. The van der Waals surface area contributed by atoms with E-state index >= 15 is 0 Å². The first-order valence-electron chi connectivity index (χ1n) is 22.6. The number of Topliss-reactive ketones (excluding diaryl/α,β-unsaturated/α-hetero) is 1. The molecule has 2 aromatic carbocycles. The Labute approximate surface area is 411 Å². The number of halogens is 3. The van der Waals surface area contributed by atoms with E-state index in [2.05, 4.69) is 14.7 Å². The second kappa shape index (κ2) is 35.3. The number of carbonyl (C=O) groups is 2. The van der Waals surface area contributed by atoms with E-state index < -0.39 is 56.2 Å². The molecule has 25 heteroatoms. The molecule has 0 amide bonds. The zero-order chi connectivity index (χ0) is 51.7. The number of amidine groups is 1. The van der Waals surface area contributed by atoms with E-state index in [9.17, 15) is 31.2 Å². The Bertz CT molecular complexity index is 2130. The van der Waals surface area contributed by atoms with Crippen LogP contribution >= 0.6 is 0 Å². The molecular formula is C46H65F3N4O17S. The summed E-state index contributed by atoms with van der Waals surface area (Å²) < 4.78 is 138. The lowest BCUT2D eigenvalue weighted by molar-refractivity contribution is -0.136. The molecular weight excluding hydrogens is 970 g/mol. The minimum absolute atomic E-state index is 0.0951. The molecule has 1 aliphatic heterocycles. The third-order valence-corrected chi connectivity index (χ3v) is 10.2. The second-order valence-corrected chi connectivity index (χ2v) is 16.2. The number of benzene rings is 2. The molecule has 1 aliphatic rings. The quantitative estimate of drug-likeness (QED) is 0.0216. The van der Waals surface area contributed by atoms with Crippen LogP contribution in [-0.4, -0.2) is 176 Å². The van der Waals surface area contributed by atoms with Crippen molar-refractivity contribution in [2.45, 2.75) is 38.1 Å². The number of ketones is 1. The van der Waals surface area contributed by atoms with E-state index in [0.717, 1.165) is 12.5 Å². The average Bonchev–Trinajstić information content (AvgIpc) is 3.47. The highest BCUT2D eigenvalue weighted by Crippen LogP contribution is 2.33. The number of nitrogens with two attached hydrogens (primary N) is 2. The van der Waals surface area contributed by atoms with Crippen LogP contribution < -0.4 is 20.9 Å². The van der Waals surface area contributed by atoms with E-state index in [1.807, 2.05) is 24.3 Å². The van der Waals surface area contributed by atoms with Gasteiger partial charge in [0.05, 0.1) is 151 Å². The molecule has 2 aromatic rings. The Kier molecular flexibility index (Phi) is 30.0. The molecule has 0 saturated carbocycles. The molecule has 0 saturated heterocycles. The Morgan fingerprint density at radius 2 is 1.08 bits per heavy atom. The third-order valence-electron chi connectivity index (χ3n) is 9.35. The molecule has 0 aliphatic carbocycles. The van der Waals surface area contributed by atoms with E-state index in [4.69, 9.17) is 68.1 Å². The minimum atomic E-state index is -5.41. The zero-order valence-electron chi connectivity index (χ0n) is 40.0. The van der Waals surface area contributed by atoms with Gasteiger partial charge in [0, 0.05) is 23.8 Å². The Morgan fingerprint density at radius 3 is 1.51 bits per heavy atom. The predicted molar refractivity (Wildman–Crippen MR) is 250 cm³/mol. The molecule has 3 rings (SSSR count). The molecule has 0 aromatic heterocycles. The van der Waals surface area contributed by atoms with Gasteiger partial charge in [-0.2, -0.15) is 12.8 Å². The summed E-state index contributed by atoms with van der Waals surface area (Å²) in [5, 5.41) is 0. The maximum atomic E-state index is 14.2. The van der Waals surface area contributed by atoms with Gasteiger partial charge in [-0.15, -0.1) is 0 Å². The molecule has 1 heterocycles. The average molecular weight is 1040 g/mol. The summed E-state index contributed by atoms with van der Waals surface area (Å²) >= 11 is 0. The normalized spacial score (nSPS) is 13.2. The van der Waals surface area contributed by atoms with Crippen molar-refractivity contribution in [1.29, 1.82) is 0 Å². The summed E-state index contributed by atoms with van der Waals surface area (Å²) in [4.78, 5) is 30.5. The van der Waals surface area contributed by atoms with Crippen molar-refractivity contribution in [3.05, 3.63) is 75.9 Å². The molecule has 0 unspecified atom stereocenters. The largest absolute Gasteiger partial charge is 0.491 e. The van der Waals surface area contributed by atoms with Crippen LogP contribution in [0, 0.1) is 24.4 Å². The molecule has 0 bridgehead atoms. The Hall–Kier alpha value is -4.90. The van der Waals surface area contributed by atoms with E-state index in [1.165, 1.54) is 6.92 Å². The van der Waals surface area contributed by atoms with Crippen molar-refractivity contribution in [2.24, 2.45) is 21.5 Å². The first-order valence-corrected chi connectivity index (χ1v) is 24.0. The topological polar surface area (TPSA) is 276 Å². The summed E-state index contributed by atoms with van der Waals surface area (Å²) in [6.45, 7) is 9.96. The van der Waals surface area contributed by atoms with Gasteiger partial charge in [-0.1, -0.05) is 12.1 Å². The molecule has 21 nitrogen and oxygen atoms in total. The molecule has 71 heavy (non-hydrogen) atoms. The van der Waals surface area contributed by atoms with Gasteiger partial charge in [-0.25, -0.2) is 13.8 Å². The molecule has 0 fully saturated rings. The van der Waals surface area contributed by atoms with Crippen LogP contribution in [0.25, 0.3) is 0 Å². The fourth-order valence-electron chi connectivity index (χ4n) is 5.72. The number of rotatable bonds is 40. The highest BCUT2D eigenvalue weighted by molar-refractivity contribution is 7.85. The van der Waals surface area contributed by atoms with Crippen molar-refractivity contribution in [1.82, 2.24) is 0 Å². The highest BCUT2D eigenvalue weighted by atomic mass is 32.2. The van der Waals surface area contributed by atoms with Crippen molar-refractivity contribution < 1.29 is 92.6 Å². The van der Waals surface area contributed by atoms with Crippen LogP contribution in [0.1, 0.15) is 30.9 Å². The van der Waals surface area contributed by atoms with Gasteiger partial charge in [0.25, 0.3) is 0 Å². The molecule has 398 valence electrons. The highest BCUT2D eigenvalue weighted by Gasteiger charge is 2.32. The van der Waals surface area contributed by atoms with E-state index in [0.29, 0.717) is 147 Å². The molecule has 0 spiro atoms. The van der Waals surface area contributed by atoms with Crippen LogP contribution in [0.3, 0.4) is 0 Å². The summed E-state index contributed by atoms with van der Waals surface area (Å²) in [6.07, 6.45) is 2.98. The van der Waals surface area contributed by atoms with Crippen LogP contribution in [0.4, 0.5) is 13.2 Å². The third kappa shape index (κ3) is 25.4. The first kappa shape index (κ1) is 60.4. The Morgan fingerprint density at radius 1 is 0.662 bits per heavy atom. The van der Waals surface area contributed by atoms with E-state index in [-0.39, 0.29) is 38.6 Å². The van der Waals surface area contributed by atoms with Crippen LogP contribution in [0.2, 0.25) is 0 Å². The summed E-state index contributed by atoms with van der Waals surface area (Å²) in [6, 6.07) is 7.55. The van der Waals surface area contributed by atoms with Crippen LogP contribution in [0.15, 0.2) is 62.2 Å². The second-order valence-electron chi connectivity index (χ2n) is 14.9. The fraction of sp³-hybridized carbons (Fsp3) is 0.565. The number of esters is 1. The molecule has 5 N–H and O–H groups in total. The lowest BCUT2D eigenvalue weighted by atomic mass is 10.1. The van der Waals surface area contributed by atoms with Crippen molar-refractivity contribution in [3.8, 4) is 11.5 Å². The fourth-order valence-corrected chi connectivity index (χ4v) is 6.42. The lowest BCUT2D eigenvalue weighted by Gasteiger charge is -2.12. The van der Waals surface area contributed by atoms with Gasteiger partial charge < -0.3 is 68.3 Å². The summed E-state index contributed by atoms with van der Waals surface area (Å²) in [7, 11) is -5.41. The number of ether oxygens (including phenoxy) is 12. The first-order chi connectivity index (χ1) is 34.2. The summed E-state index contributed by atoms with van der Waals surface area (Å²) in [5.74, 6) is -7.25. The minimum Gasteiger partial charge on any atom is -0.491 e. The monoisotopic (exact) mass is 1030 g/mol. The Balaban J connectivity index is 0.991. The molecule has 0 atom stereocenters. The van der Waals surface area contributed by atoms with Gasteiger partial charge in [0.1, 0.15) is 23.9 Å². The number of carbonyl (C=O) groups excluding carboxylic acids is 2. The smallest absolute Gasteiger partial charge is 0.313 e. The van der Waals surface area contributed by atoms with Gasteiger partial charge in [-0.05, 0) is 37.6 Å². The van der Waals surface area contributed by atoms with Crippen molar-refractivity contribution >= 4 is 33.9 Å². The SMILES string of the molecule is CC(=O)C1=CC(N)=C(C=NCc2ccc(OCCOCCOCCOCCOCCOCCOCCOCCOCCOCCOCCC(=O)Oc3c(C)c(F)c(S(=O)(=O)O)c(F)c3F)cc2)N=C(N)C1. The number of aliphatic imine (C=N–C) groups is 2. The maximum Gasteiger partial charge on any atom is 0.313 e. The molecule has 0 radical (unpaired) electrons. The lowest BCUT2D eigenvalue weighted by Crippen LogP contribution is -2.17. The standard InChI is InChI=1S/C46H65F3N4O17S/c1-33-42(47)46(71(56,57)58)44(49)43(48)45(33)70-41(55)7-8-59-9-10-60-11-12-61-13-14-62-15-16-63-17-18-64-19-20-65-21-22-66-23-24-67-25-26-68-27-28-69-37-5-3-35(4-6-37)31-52-32-39-38(50)29-36(34(2)54)30-40(51)53-39/h3-6,29,32H,7-28,30-31,50H2,1-2H3,(H2,51,53)(H,56,57,58).